The fourth-order valence-corrected chi connectivity index (χ4v) is 3.09. The number of hydrogen-bond acceptors (Lipinski definition) is 3. The van der Waals surface area contributed by atoms with Gasteiger partial charge in [0.25, 0.3) is 5.91 Å². The highest BCUT2D eigenvalue weighted by Gasteiger charge is 2.32. The molecule has 1 saturated heterocycles. The van der Waals surface area contributed by atoms with Crippen LogP contribution in [0, 0.1) is 6.92 Å². The molecule has 0 radical (unpaired) electrons. The summed E-state index contributed by atoms with van der Waals surface area (Å²) in [6.45, 7) is 4.85. The average Bonchev–Trinajstić information content (AvgIpc) is 2.75. The molecule has 4 nitrogen and oxygen atoms in total. The molecule has 2 aromatic rings. The van der Waals surface area contributed by atoms with Gasteiger partial charge in [0.2, 0.25) is 0 Å². The molecular formula is C16H18BrNO3. The van der Waals surface area contributed by atoms with Crippen LogP contribution in [0.15, 0.2) is 27.1 Å². The van der Waals surface area contributed by atoms with Crippen LogP contribution in [0.2, 0.25) is 0 Å². The number of piperidine rings is 1. The smallest absolute Gasteiger partial charge is 0.289 e. The third kappa shape index (κ3) is 2.72. The van der Waals surface area contributed by atoms with Crippen LogP contribution in [-0.4, -0.2) is 34.6 Å². The van der Waals surface area contributed by atoms with E-state index in [2.05, 4.69) is 15.9 Å². The monoisotopic (exact) mass is 351 g/mol. The predicted octanol–water partition coefficient (Wildman–Crippen LogP) is 3.49. The highest BCUT2D eigenvalue weighted by atomic mass is 79.9. The molecule has 0 aliphatic carbocycles. The van der Waals surface area contributed by atoms with Gasteiger partial charge in [0, 0.05) is 28.5 Å². The van der Waals surface area contributed by atoms with Crippen molar-refractivity contribution in [3.63, 3.8) is 0 Å². The van der Waals surface area contributed by atoms with Crippen molar-refractivity contribution in [1.82, 2.24) is 4.90 Å². The molecule has 1 aromatic heterocycles. The largest absolute Gasteiger partial charge is 0.451 e. The summed E-state index contributed by atoms with van der Waals surface area (Å²) in [6, 6.07) is 5.73. The number of rotatable bonds is 1. The first kappa shape index (κ1) is 14.6. The van der Waals surface area contributed by atoms with Gasteiger partial charge in [-0.25, -0.2) is 0 Å². The van der Waals surface area contributed by atoms with Crippen molar-refractivity contribution in [1.29, 1.82) is 0 Å². The fraction of sp³-hybridized carbons (Fsp3) is 0.438. The molecule has 112 valence electrons. The number of nitrogens with zero attached hydrogens (tertiary/aromatic N) is 1. The van der Waals surface area contributed by atoms with Crippen LogP contribution in [0.25, 0.3) is 11.0 Å². The Morgan fingerprint density at radius 2 is 2.05 bits per heavy atom. The van der Waals surface area contributed by atoms with Gasteiger partial charge in [0.1, 0.15) is 5.58 Å². The van der Waals surface area contributed by atoms with E-state index in [0.29, 0.717) is 31.7 Å². The Bertz CT molecular complexity index is 695. The van der Waals surface area contributed by atoms with Crippen LogP contribution in [0.4, 0.5) is 0 Å². The minimum absolute atomic E-state index is 0.0877. The van der Waals surface area contributed by atoms with Crippen LogP contribution in [0.1, 0.15) is 35.9 Å². The van der Waals surface area contributed by atoms with Crippen molar-refractivity contribution in [2.75, 3.05) is 13.1 Å². The number of aliphatic hydroxyl groups is 1. The van der Waals surface area contributed by atoms with Gasteiger partial charge in [-0.2, -0.15) is 0 Å². The SMILES string of the molecule is Cc1c(C(=O)N2CCC(C)(O)CC2)oc2ccc(Br)cc12. The standard InChI is InChI=1S/C16H18BrNO3/c1-10-12-9-11(17)3-4-13(12)21-14(10)15(19)18-7-5-16(2,20)6-8-18/h3-4,9,20H,5-8H2,1-2H3. The molecule has 21 heavy (non-hydrogen) atoms. The van der Waals surface area contributed by atoms with Gasteiger partial charge in [0.05, 0.1) is 5.60 Å². The zero-order valence-electron chi connectivity index (χ0n) is 12.1. The van der Waals surface area contributed by atoms with Crippen LogP contribution >= 0.6 is 15.9 Å². The maximum Gasteiger partial charge on any atom is 0.289 e. The molecule has 0 atom stereocenters. The van der Waals surface area contributed by atoms with Gasteiger partial charge in [-0.05, 0) is 44.9 Å². The van der Waals surface area contributed by atoms with Gasteiger partial charge < -0.3 is 14.4 Å². The van der Waals surface area contributed by atoms with Crippen molar-refractivity contribution < 1.29 is 14.3 Å². The molecule has 1 fully saturated rings. The second-order valence-electron chi connectivity index (χ2n) is 5.99. The molecule has 1 aliphatic rings. The number of aryl methyl sites for hydroxylation is 1. The Labute approximate surface area is 131 Å². The van der Waals surface area contributed by atoms with Gasteiger partial charge >= 0.3 is 0 Å². The summed E-state index contributed by atoms with van der Waals surface area (Å²) >= 11 is 3.44. The summed E-state index contributed by atoms with van der Waals surface area (Å²) in [5, 5.41) is 10.9. The third-order valence-corrected chi connectivity index (χ3v) is 4.71. The second-order valence-corrected chi connectivity index (χ2v) is 6.90. The minimum Gasteiger partial charge on any atom is -0.451 e. The number of carbonyl (C=O) groups excluding carboxylic acids is 1. The molecule has 1 aromatic carbocycles. The van der Waals surface area contributed by atoms with Crippen LogP contribution in [0.3, 0.4) is 0 Å². The quantitative estimate of drug-likeness (QED) is 0.855. The zero-order chi connectivity index (χ0) is 15.2. The van der Waals surface area contributed by atoms with Crippen molar-refractivity contribution >= 4 is 32.8 Å². The van der Waals surface area contributed by atoms with E-state index in [-0.39, 0.29) is 5.91 Å². The number of halogens is 1. The summed E-state index contributed by atoms with van der Waals surface area (Å²) in [5.74, 6) is 0.319. The summed E-state index contributed by atoms with van der Waals surface area (Å²) in [4.78, 5) is 14.4. The second kappa shape index (κ2) is 5.14. The van der Waals surface area contributed by atoms with E-state index in [1.165, 1.54) is 0 Å². The lowest BCUT2D eigenvalue weighted by atomic mass is 9.93. The van der Waals surface area contributed by atoms with Crippen molar-refractivity contribution in [2.45, 2.75) is 32.3 Å². The number of benzene rings is 1. The van der Waals surface area contributed by atoms with Gasteiger partial charge in [-0.1, -0.05) is 15.9 Å². The number of carbonyl (C=O) groups is 1. The molecule has 0 unspecified atom stereocenters. The average molecular weight is 352 g/mol. The molecular weight excluding hydrogens is 334 g/mol. The van der Waals surface area contributed by atoms with Gasteiger partial charge in [-0.15, -0.1) is 0 Å². The lowest BCUT2D eigenvalue weighted by Crippen LogP contribution is -2.45. The number of fused-ring (bicyclic) bond motifs is 1. The minimum atomic E-state index is -0.662. The van der Waals surface area contributed by atoms with E-state index in [1.807, 2.05) is 32.0 Å². The maximum atomic E-state index is 12.6. The Morgan fingerprint density at radius 3 is 2.71 bits per heavy atom. The first-order chi connectivity index (χ1) is 9.87. The topological polar surface area (TPSA) is 53.7 Å². The third-order valence-electron chi connectivity index (χ3n) is 4.22. The zero-order valence-corrected chi connectivity index (χ0v) is 13.7. The fourth-order valence-electron chi connectivity index (χ4n) is 2.73. The van der Waals surface area contributed by atoms with Crippen LogP contribution in [-0.2, 0) is 0 Å². The van der Waals surface area contributed by atoms with E-state index in [4.69, 9.17) is 4.42 Å². The maximum absolute atomic E-state index is 12.6. The molecule has 1 amide bonds. The molecule has 5 heteroatoms. The Morgan fingerprint density at radius 1 is 1.38 bits per heavy atom. The van der Waals surface area contributed by atoms with E-state index in [0.717, 1.165) is 21.0 Å². The highest BCUT2D eigenvalue weighted by Crippen LogP contribution is 2.30. The Hall–Kier alpha value is -1.33. The highest BCUT2D eigenvalue weighted by molar-refractivity contribution is 9.10. The molecule has 1 aliphatic heterocycles. The normalized spacial score (nSPS) is 18.2. The lowest BCUT2D eigenvalue weighted by Gasteiger charge is -2.35. The van der Waals surface area contributed by atoms with Crippen molar-refractivity contribution in [2.24, 2.45) is 0 Å². The van der Waals surface area contributed by atoms with Gasteiger partial charge in [0.15, 0.2) is 5.76 Å². The summed E-state index contributed by atoms with van der Waals surface area (Å²) in [7, 11) is 0. The van der Waals surface area contributed by atoms with Crippen molar-refractivity contribution in [3.05, 3.63) is 34.0 Å². The number of likely N-dealkylation sites (tertiary alicyclic amines) is 1. The van der Waals surface area contributed by atoms with Crippen LogP contribution in [0.5, 0.6) is 0 Å². The summed E-state index contributed by atoms with van der Waals surface area (Å²) < 4.78 is 6.71. The van der Waals surface area contributed by atoms with E-state index in [1.54, 1.807) is 4.90 Å². The molecule has 3 rings (SSSR count). The number of hydrogen-bond donors (Lipinski definition) is 1. The first-order valence-electron chi connectivity index (χ1n) is 7.08. The summed E-state index contributed by atoms with van der Waals surface area (Å²) in [5.41, 5.74) is 0.932. The van der Waals surface area contributed by atoms with Crippen molar-refractivity contribution in [3.8, 4) is 0 Å². The lowest BCUT2D eigenvalue weighted by molar-refractivity contribution is -0.00285. The number of furan rings is 1. The van der Waals surface area contributed by atoms with Gasteiger partial charge in [-0.3, -0.25) is 4.79 Å². The predicted molar refractivity (Wildman–Crippen MR) is 84.4 cm³/mol. The molecule has 0 spiro atoms. The Balaban J connectivity index is 1.90. The Kier molecular flexibility index (Phi) is 3.58. The van der Waals surface area contributed by atoms with Crippen LogP contribution < -0.4 is 0 Å². The molecule has 0 bridgehead atoms. The molecule has 1 N–H and O–H groups in total. The summed E-state index contributed by atoms with van der Waals surface area (Å²) in [6.07, 6.45) is 1.20. The molecule has 0 saturated carbocycles. The van der Waals surface area contributed by atoms with E-state index >= 15 is 0 Å². The van der Waals surface area contributed by atoms with E-state index in [9.17, 15) is 9.90 Å². The number of amides is 1. The molecule has 2 heterocycles. The van der Waals surface area contributed by atoms with E-state index < -0.39 is 5.60 Å². The first-order valence-corrected chi connectivity index (χ1v) is 7.87.